The van der Waals surface area contributed by atoms with Crippen molar-refractivity contribution >= 4 is 95.3 Å². The minimum Gasteiger partial charge on any atom is -0.460 e. The average Bonchev–Trinajstić information content (AvgIpc) is 1.60. The standard InChI is InChI=1S/C20H16FN3O4S.C20H16FN3O2S.C19H15FN4O2.C7H5FO.BH.U/c1-11-8-9-15(28-11)18-16-17(22-20(23-18)29(3,26)27)14(24(2)19(16)25)10-12-6-4-5-7-13(12)21;1-11-8-9-15(26-11)18-16-17(22-20(23-18)27-3)14(24(2)19(16)25)10-12-6-4-5-7-13(12)21;1-10-7-8-14(26-10)17-15-16(22-19(21)23-17)13(24(2)18(15)25)9-11-5-3-4-6-12(11)20;8-7-4-2-1-3-6(7)5-9;;/h4-10H,1-3H3;4-10H,1-3H3;3-9H,1-2H3,(H2,21,22,23);1-5H;1H;/b2*14-10-;13-9-;;;/i;;;;1D;. The zero-order valence-corrected chi connectivity index (χ0v) is 56.5. The Morgan fingerprint density at radius 3 is 1.09 bits per heavy atom. The topological polar surface area (TPSA) is 255 Å². The van der Waals surface area contributed by atoms with E-state index in [0.29, 0.717) is 90.9 Å². The number of aromatic nitrogens is 6. The number of aryl methyl sites for hydroxylation is 3. The molecule has 27 heteroatoms. The number of aldehydes is 1. The van der Waals surface area contributed by atoms with Crippen LogP contribution in [-0.2, 0) is 9.84 Å². The van der Waals surface area contributed by atoms with Crippen molar-refractivity contribution in [3.05, 3.63) is 230 Å². The molecule has 468 valence electrons. The Balaban J connectivity index is 0.000000166. The molecule has 6 aromatic heterocycles. The predicted octanol–water partition coefficient (Wildman–Crippen LogP) is 12.0. The molecule has 19 nitrogen and oxygen atoms in total. The molecule has 3 amide bonds. The number of furan rings is 3. The van der Waals surface area contributed by atoms with Gasteiger partial charge in [0.1, 0.15) is 74.7 Å². The minimum absolute atomic E-state index is 0. The monoisotopic (exact) mass is 1520 g/mol. The van der Waals surface area contributed by atoms with Gasteiger partial charge in [0.15, 0.2) is 28.7 Å². The van der Waals surface area contributed by atoms with Crippen molar-refractivity contribution in [3.8, 4) is 34.4 Å². The van der Waals surface area contributed by atoms with Gasteiger partial charge in [-0.25, -0.2) is 55.9 Å². The molecule has 13 rings (SSSR count). The van der Waals surface area contributed by atoms with Gasteiger partial charge in [-0.05, 0) is 113 Å². The molecule has 0 bridgehead atoms. The van der Waals surface area contributed by atoms with E-state index in [-0.39, 0.29) is 94.2 Å². The number of hydrogen-bond donors (Lipinski definition) is 1. The van der Waals surface area contributed by atoms with Crippen LogP contribution < -0.4 is 5.73 Å². The second kappa shape index (κ2) is 28.8. The summed E-state index contributed by atoms with van der Waals surface area (Å²) in [4.78, 5) is 78.6. The molecular weight excluding hydrogens is 1470 g/mol. The van der Waals surface area contributed by atoms with Crippen LogP contribution in [-0.4, -0.2) is 120 Å². The number of thioether (sulfide) groups is 1. The number of sulfone groups is 1. The first-order valence-corrected chi connectivity index (χ1v) is 30.5. The molecule has 0 spiro atoms. The van der Waals surface area contributed by atoms with Gasteiger partial charge in [0.05, 0.1) is 39.3 Å². The summed E-state index contributed by atoms with van der Waals surface area (Å²) in [6.45, 7) is 5.35. The zero-order valence-electron chi connectivity index (χ0n) is 51.7. The Labute approximate surface area is 561 Å². The first kappa shape index (κ1) is 67.6. The first-order chi connectivity index (χ1) is 44.4. The molecule has 2 radical (unpaired) electrons. The molecule has 0 atom stereocenters. The third-order valence-corrected chi connectivity index (χ3v) is 15.5. The zero-order chi connectivity index (χ0) is 67.2. The summed E-state index contributed by atoms with van der Waals surface area (Å²) in [6.07, 6.45) is 7.99. The van der Waals surface area contributed by atoms with E-state index in [1.807, 2.05) is 19.2 Å². The molecule has 4 aromatic carbocycles. The number of carbonyl (C=O) groups excluding carboxylic acids is 4. The molecule has 0 aliphatic carbocycles. The second-order valence-corrected chi connectivity index (χ2v) is 23.1. The van der Waals surface area contributed by atoms with Crippen LogP contribution in [0.3, 0.4) is 0 Å². The molecule has 0 saturated heterocycles. The third-order valence-electron chi connectivity index (χ3n) is 14.1. The fraction of sp³-hybridized carbons (Fsp3) is 0.121. The van der Waals surface area contributed by atoms with Gasteiger partial charge in [-0.2, -0.15) is 0 Å². The quantitative estimate of drug-likeness (QED) is 0.0463. The fourth-order valence-corrected chi connectivity index (χ4v) is 10.5. The van der Waals surface area contributed by atoms with Crippen LogP contribution in [0.25, 0.3) is 69.7 Å². The number of anilines is 1. The predicted molar refractivity (Wildman–Crippen MR) is 341 cm³/mol. The van der Waals surface area contributed by atoms with E-state index in [2.05, 4.69) is 38.3 Å². The Hall–Kier alpha value is -9.80. The van der Waals surface area contributed by atoms with Crippen LogP contribution in [0.5, 0.6) is 0 Å². The molecule has 3 aliphatic rings. The Morgan fingerprint density at radius 2 is 0.774 bits per heavy atom. The van der Waals surface area contributed by atoms with E-state index >= 15 is 0 Å². The van der Waals surface area contributed by atoms with Gasteiger partial charge in [0.2, 0.25) is 20.9 Å². The number of amides is 3. The maximum absolute atomic E-state index is 14.2. The number of nitrogens with zero attached hydrogens (tertiary/aromatic N) is 9. The van der Waals surface area contributed by atoms with E-state index in [9.17, 15) is 45.2 Å². The summed E-state index contributed by atoms with van der Waals surface area (Å²) in [7, 11) is 4.72. The number of rotatable bonds is 9. The fourth-order valence-electron chi connectivity index (χ4n) is 9.59. The van der Waals surface area contributed by atoms with Crippen molar-refractivity contribution in [2.24, 2.45) is 0 Å². The van der Waals surface area contributed by atoms with Crippen molar-refractivity contribution in [1.82, 2.24) is 44.6 Å². The van der Waals surface area contributed by atoms with Gasteiger partial charge in [-0.15, -0.1) is 0 Å². The van der Waals surface area contributed by atoms with Gasteiger partial charge in [-0.3, -0.25) is 19.2 Å². The molecular formula is C66H53BF4N10O9S2U. The smallest absolute Gasteiger partial charge is 0.262 e. The SMILES string of the molecule is CSc1nc2c(c(-c3ccc(C)o3)n1)C(=O)N(C)/C2=C\c1ccccc1F.Cc1ccc(-c2nc(N)nc3c2C(=O)N(C)/C3=C\c2ccccc2F)o1.Cc1ccc(-c2nc(S(C)(=O)=O)nc3c2C(=O)N(C)/C3=C\c2ccccc2F)o1.O=Cc1ccccc1F.[2H][B].[U]. The number of halogens is 4. The van der Waals surface area contributed by atoms with E-state index in [1.54, 1.807) is 137 Å². The minimum atomic E-state index is -3.78. The summed E-state index contributed by atoms with van der Waals surface area (Å²) in [5.74, 6) is 0.514. The molecule has 3 aliphatic heterocycles. The molecule has 10 aromatic rings. The van der Waals surface area contributed by atoms with Crippen molar-refractivity contribution < 1.29 is 89.5 Å². The Morgan fingerprint density at radius 1 is 0.484 bits per heavy atom. The van der Waals surface area contributed by atoms with Crippen molar-refractivity contribution in [1.29, 1.82) is 1.34 Å². The normalized spacial score (nSPS) is 14.2. The van der Waals surface area contributed by atoms with Crippen LogP contribution in [0.1, 0.15) is 92.5 Å². The maximum Gasteiger partial charge on any atom is 0.262 e. The molecule has 2 N–H and O–H groups in total. The van der Waals surface area contributed by atoms with Crippen LogP contribution in [0.2, 0.25) is 0 Å². The largest absolute Gasteiger partial charge is 0.460 e. The number of benzene rings is 4. The molecule has 0 unspecified atom stereocenters. The van der Waals surface area contributed by atoms with Crippen LogP contribution in [0, 0.1) is 75.2 Å². The van der Waals surface area contributed by atoms with Crippen molar-refractivity contribution in [2.45, 2.75) is 31.1 Å². The van der Waals surface area contributed by atoms with Crippen molar-refractivity contribution in [2.75, 3.05) is 39.4 Å². The number of carbonyl (C=O) groups is 4. The molecule has 9 heterocycles. The van der Waals surface area contributed by atoms with E-state index in [4.69, 9.17) is 20.3 Å². The third kappa shape index (κ3) is 14.5. The van der Waals surface area contributed by atoms with Crippen LogP contribution in [0.4, 0.5) is 23.5 Å². The van der Waals surface area contributed by atoms with Gasteiger partial charge < -0.3 is 33.7 Å². The maximum atomic E-state index is 14.2. The van der Waals surface area contributed by atoms with Gasteiger partial charge in [0.25, 0.3) is 17.7 Å². The van der Waals surface area contributed by atoms with Gasteiger partial charge >= 0.3 is 0 Å². The average molecular weight is 1520 g/mol. The summed E-state index contributed by atoms with van der Waals surface area (Å²) < 4.78 is 101. The van der Waals surface area contributed by atoms with E-state index < -0.39 is 38.4 Å². The summed E-state index contributed by atoms with van der Waals surface area (Å²) in [5, 5.41) is 0.0724. The first-order valence-electron chi connectivity index (χ1n) is 27.9. The number of hydrogen-bond acceptors (Lipinski definition) is 17. The van der Waals surface area contributed by atoms with Crippen molar-refractivity contribution in [3.63, 3.8) is 0 Å². The van der Waals surface area contributed by atoms with E-state index in [1.165, 1.54) is 69.9 Å². The molecule has 0 saturated carbocycles. The summed E-state index contributed by atoms with van der Waals surface area (Å²) in [6, 6.07) is 35.0. The van der Waals surface area contributed by atoms with Gasteiger partial charge in [-0.1, -0.05) is 78.5 Å². The number of nitrogens with two attached hydrogens (primary N) is 1. The van der Waals surface area contributed by atoms with Crippen LogP contribution >= 0.6 is 11.8 Å². The number of fused-ring (bicyclic) bond motifs is 3. The summed E-state index contributed by atoms with van der Waals surface area (Å²) >= 11 is 1.37. The van der Waals surface area contributed by atoms with Crippen LogP contribution in [0.15, 0.2) is 157 Å². The molecule has 93 heavy (non-hydrogen) atoms. The second-order valence-electron chi connectivity index (χ2n) is 20.4. The molecule has 0 fully saturated rings. The van der Waals surface area contributed by atoms with Gasteiger partial charge in [0, 0.05) is 83.6 Å². The Kier molecular flexibility index (Phi) is 20.9. The summed E-state index contributed by atoms with van der Waals surface area (Å²) in [5.41, 5.74) is 10.8. The van der Waals surface area contributed by atoms with E-state index in [0.717, 1.165) is 12.0 Å². The Bertz CT molecular complexity index is 4810. The number of nitrogen functional groups attached to an aromatic ring is 1.